The quantitative estimate of drug-likeness (QED) is 0.802. The van der Waals surface area contributed by atoms with Gasteiger partial charge in [-0.05, 0) is 84.5 Å². The van der Waals surface area contributed by atoms with Gasteiger partial charge in [0.2, 0.25) is 5.91 Å². The van der Waals surface area contributed by atoms with E-state index in [0.717, 1.165) is 42.7 Å². The van der Waals surface area contributed by atoms with Crippen molar-refractivity contribution in [3.63, 3.8) is 0 Å². The van der Waals surface area contributed by atoms with Crippen molar-refractivity contribution in [2.45, 2.75) is 66.0 Å². The minimum absolute atomic E-state index is 0.0303. The smallest absolute Gasteiger partial charge is 0.407 e. The first kappa shape index (κ1) is 22.2. The van der Waals surface area contributed by atoms with E-state index in [4.69, 9.17) is 4.74 Å². The first-order valence-electron chi connectivity index (χ1n) is 10.1. The second-order valence-electron chi connectivity index (χ2n) is 8.79. The highest BCUT2D eigenvalue weighted by atomic mass is 16.6. The molecule has 1 aliphatic rings. The van der Waals surface area contributed by atoms with E-state index in [1.165, 1.54) is 0 Å². The standard InChI is InChI=1S/C22H35N3O3/c1-15-8-7-9-16(2)19(15)24-20(26)17(3)25-12-10-18(11-13-25)14-23-21(27)28-22(4,5)6/h7-9,17-18H,10-14H2,1-6H3,(H,23,27)(H,24,26). The van der Waals surface area contributed by atoms with Gasteiger partial charge in [-0.2, -0.15) is 0 Å². The van der Waals surface area contributed by atoms with Crippen molar-refractivity contribution in [3.05, 3.63) is 29.3 Å². The monoisotopic (exact) mass is 389 g/mol. The van der Waals surface area contributed by atoms with E-state index in [1.807, 2.05) is 59.7 Å². The second kappa shape index (κ2) is 9.41. The van der Waals surface area contributed by atoms with Crippen molar-refractivity contribution in [1.29, 1.82) is 0 Å². The molecule has 0 radical (unpaired) electrons. The summed E-state index contributed by atoms with van der Waals surface area (Å²) < 4.78 is 5.28. The summed E-state index contributed by atoms with van der Waals surface area (Å²) in [6, 6.07) is 5.84. The minimum atomic E-state index is -0.480. The average molecular weight is 390 g/mol. The molecule has 1 aromatic rings. The van der Waals surface area contributed by atoms with Crippen LogP contribution in [0.5, 0.6) is 0 Å². The molecule has 28 heavy (non-hydrogen) atoms. The zero-order valence-corrected chi connectivity index (χ0v) is 18.1. The van der Waals surface area contributed by atoms with Crippen LogP contribution in [-0.4, -0.2) is 48.2 Å². The molecule has 1 fully saturated rings. The lowest BCUT2D eigenvalue weighted by Gasteiger charge is -2.35. The number of anilines is 1. The van der Waals surface area contributed by atoms with Gasteiger partial charge in [0.25, 0.3) is 0 Å². The molecule has 156 valence electrons. The number of hydrogen-bond acceptors (Lipinski definition) is 4. The minimum Gasteiger partial charge on any atom is -0.444 e. The van der Waals surface area contributed by atoms with Gasteiger partial charge in [0.15, 0.2) is 0 Å². The molecule has 1 heterocycles. The Morgan fingerprint density at radius 2 is 1.75 bits per heavy atom. The molecule has 1 aliphatic heterocycles. The lowest BCUT2D eigenvalue weighted by Crippen LogP contribution is -2.47. The second-order valence-corrected chi connectivity index (χ2v) is 8.79. The number of ether oxygens (including phenoxy) is 1. The Morgan fingerprint density at radius 3 is 2.29 bits per heavy atom. The molecule has 2 N–H and O–H groups in total. The fraction of sp³-hybridized carbons (Fsp3) is 0.636. The van der Waals surface area contributed by atoms with Crippen LogP contribution < -0.4 is 10.6 Å². The fourth-order valence-electron chi connectivity index (χ4n) is 3.49. The van der Waals surface area contributed by atoms with Crippen LogP contribution >= 0.6 is 0 Å². The van der Waals surface area contributed by atoms with Crippen molar-refractivity contribution in [3.8, 4) is 0 Å². The normalized spacial score (nSPS) is 17.1. The Balaban J connectivity index is 1.79. The number of hydrogen-bond donors (Lipinski definition) is 2. The molecule has 1 aromatic carbocycles. The van der Waals surface area contributed by atoms with Crippen molar-refractivity contribution in [2.24, 2.45) is 5.92 Å². The summed E-state index contributed by atoms with van der Waals surface area (Å²) in [5.74, 6) is 0.445. The van der Waals surface area contributed by atoms with Crippen LogP contribution in [0.15, 0.2) is 18.2 Å². The highest BCUT2D eigenvalue weighted by Crippen LogP contribution is 2.22. The molecule has 6 nitrogen and oxygen atoms in total. The Kier molecular flexibility index (Phi) is 7.47. The predicted molar refractivity (Wildman–Crippen MR) is 113 cm³/mol. The average Bonchev–Trinajstić information content (AvgIpc) is 2.61. The number of benzene rings is 1. The molecule has 0 saturated carbocycles. The number of nitrogens with one attached hydrogen (secondary N) is 2. The number of nitrogens with zero attached hydrogens (tertiary/aromatic N) is 1. The molecule has 0 bridgehead atoms. The first-order chi connectivity index (χ1) is 13.1. The van der Waals surface area contributed by atoms with E-state index in [0.29, 0.717) is 12.5 Å². The van der Waals surface area contributed by atoms with Crippen LogP contribution in [0.4, 0.5) is 10.5 Å². The topological polar surface area (TPSA) is 70.7 Å². The number of para-hydroxylation sites is 1. The van der Waals surface area contributed by atoms with Crippen LogP contribution in [-0.2, 0) is 9.53 Å². The molecule has 2 rings (SSSR count). The third-order valence-electron chi connectivity index (χ3n) is 5.24. The summed E-state index contributed by atoms with van der Waals surface area (Å²) in [7, 11) is 0. The van der Waals surface area contributed by atoms with Gasteiger partial charge in [-0.25, -0.2) is 4.79 Å². The molecular weight excluding hydrogens is 354 g/mol. The molecule has 1 unspecified atom stereocenters. The maximum absolute atomic E-state index is 12.7. The van der Waals surface area contributed by atoms with E-state index in [1.54, 1.807) is 0 Å². The third-order valence-corrected chi connectivity index (χ3v) is 5.24. The number of rotatable bonds is 5. The molecule has 2 amide bonds. The lowest BCUT2D eigenvalue weighted by atomic mass is 9.95. The summed E-state index contributed by atoms with van der Waals surface area (Å²) >= 11 is 0. The first-order valence-corrected chi connectivity index (χ1v) is 10.1. The van der Waals surface area contributed by atoms with Gasteiger partial charge in [0, 0.05) is 12.2 Å². The SMILES string of the molecule is Cc1cccc(C)c1NC(=O)C(C)N1CCC(CNC(=O)OC(C)(C)C)CC1. The Hall–Kier alpha value is -2.08. The van der Waals surface area contributed by atoms with Gasteiger partial charge in [-0.15, -0.1) is 0 Å². The Bertz CT molecular complexity index is 669. The summed E-state index contributed by atoms with van der Waals surface area (Å²) in [5.41, 5.74) is 2.59. The maximum atomic E-state index is 12.7. The molecule has 0 aromatic heterocycles. The van der Waals surface area contributed by atoms with Gasteiger partial charge in [-0.3, -0.25) is 9.69 Å². The molecule has 6 heteroatoms. The zero-order chi connectivity index (χ0) is 20.9. The van der Waals surface area contributed by atoms with Crippen LogP contribution in [0.3, 0.4) is 0 Å². The van der Waals surface area contributed by atoms with Gasteiger partial charge in [0.05, 0.1) is 6.04 Å². The lowest BCUT2D eigenvalue weighted by molar-refractivity contribution is -0.121. The summed E-state index contributed by atoms with van der Waals surface area (Å²) in [6.07, 6.45) is 1.55. The summed E-state index contributed by atoms with van der Waals surface area (Å²) in [5, 5.41) is 5.96. The number of carbonyl (C=O) groups excluding carboxylic acids is 2. The zero-order valence-electron chi connectivity index (χ0n) is 18.1. The van der Waals surface area contributed by atoms with Crippen LogP contribution in [0.25, 0.3) is 0 Å². The fourth-order valence-corrected chi connectivity index (χ4v) is 3.49. The van der Waals surface area contributed by atoms with Crippen molar-refractivity contribution in [1.82, 2.24) is 10.2 Å². The van der Waals surface area contributed by atoms with E-state index in [2.05, 4.69) is 15.5 Å². The highest BCUT2D eigenvalue weighted by molar-refractivity contribution is 5.95. The van der Waals surface area contributed by atoms with Crippen LogP contribution in [0.1, 0.15) is 51.7 Å². The van der Waals surface area contributed by atoms with Gasteiger partial charge in [0.1, 0.15) is 5.60 Å². The predicted octanol–water partition coefficient (Wildman–Crippen LogP) is 3.87. The van der Waals surface area contributed by atoms with Gasteiger partial charge < -0.3 is 15.4 Å². The highest BCUT2D eigenvalue weighted by Gasteiger charge is 2.27. The Morgan fingerprint density at radius 1 is 1.18 bits per heavy atom. The number of aryl methyl sites for hydroxylation is 2. The number of piperidine rings is 1. The molecular formula is C22H35N3O3. The number of carbonyl (C=O) groups is 2. The Labute approximate surface area is 169 Å². The van der Waals surface area contributed by atoms with Gasteiger partial charge in [-0.1, -0.05) is 18.2 Å². The van der Waals surface area contributed by atoms with Crippen LogP contribution in [0.2, 0.25) is 0 Å². The summed E-state index contributed by atoms with van der Waals surface area (Å²) in [4.78, 5) is 26.7. The van der Waals surface area contributed by atoms with Crippen molar-refractivity contribution >= 4 is 17.7 Å². The number of alkyl carbamates (subject to hydrolysis) is 1. The molecule has 0 aliphatic carbocycles. The van der Waals surface area contributed by atoms with Gasteiger partial charge >= 0.3 is 6.09 Å². The summed E-state index contributed by atoms with van der Waals surface area (Å²) in [6.45, 7) is 13.9. The van der Waals surface area contributed by atoms with E-state index < -0.39 is 5.60 Å². The van der Waals surface area contributed by atoms with E-state index >= 15 is 0 Å². The number of likely N-dealkylation sites (tertiary alicyclic amines) is 1. The van der Waals surface area contributed by atoms with Crippen LogP contribution in [0, 0.1) is 19.8 Å². The molecule has 1 atom stereocenters. The maximum Gasteiger partial charge on any atom is 0.407 e. The van der Waals surface area contributed by atoms with E-state index in [9.17, 15) is 9.59 Å². The largest absolute Gasteiger partial charge is 0.444 e. The molecule has 1 saturated heterocycles. The number of amides is 2. The third kappa shape index (κ3) is 6.51. The van der Waals surface area contributed by atoms with E-state index in [-0.39, 0.29) is 18.0 Å². The van der Waals surface area contributed by atoms with Crippen molar-refractivity contribution < 1.29 is 14.3 Å². The molecule has 0 spiro atoms. The van der Waals surface area contributed by atoms with Crippen molar-refractivity contribution in [2.75, 3.05) is 25.0 Å².